The van der Waals surface area contributed by atoms with E-state index in [1.54, 1.807) is 4.90 Å². The maximum atomic E-state index is 13.2. The molecule has 0 saturated carbocycles. The van der Waals surface area contributed by atoms with Gasteiger partial charge in [-0.3, -0.25) is 19.3 Å². The number of carbonyl (C=O) groups excluding carboxylic acids is 3. The third kappa shape index (κ3) is 5.08. The van der Waals surface area contributed by atoms with Crippen molar-refractivity contribution in [2.24, 2.45) is 5.41 Å². The van der Waals surface area contributed by atoms with Crippen LogP contribution in [-0.2, 0) is 19.1 Å². The normalized spacial score (nSPS) is 26.5. The Hall–Kier alpha value is -2.68. The highest BCUT2D eigenvalue weighted by atomic mass is 19.1. The van der Waals surface area contributed by atoms with Crippen molar-refractivity contribution in [3.63, 3.8) is 0 Å². The number of piperazine rings is 1. The number of amides is 2. The van der Waals surface area contributed by atoms with E-state index in [1.165, 1.54) is 19.1 Å². The Morgan fingerprint density at radius 3 is 2.39 bits per heavy atom. The Morgan fingerprint density at radius 2 is 1.72 bits per heavy atom. The van der Waals surface area contributed by atoms with Gasteiger partial charge in [0.1, 0.15) is 18.0 Å². The van der Waals surface area contributed by atoms with Crippen LogP contribution in [0.5, 0.6) is 0 Å². The van der Waals surface area contributed by atoms with Crippen molar-refractivity contribution in [2.45, 2.75) is 57.6 Å². The van der Waals surface area contributed by atoms with E-state index in [0.29, 0.717) is 32.5 Å². The maximum absolute atomic E-state index is 13.2. The summed E-state index contributed by atoms with van der Waals surface area (Å²) in [7, 11) is 0. The van der Waals surface area contributed by atoms with Crippen LogP contribution in [0.2, 0.25) is 0 Å². The fourth-order valence-corrected chi connectivity index (χ4v) is 6.38. The quantitative estimate of drug-likeness (QED) is 0.578. The highest BCUT2D eigenvalue weighted by Gasteiger charge is 2.51. The lowest BCUT2D eigenvalue weighted by atomic mass is 9.75. The molecule has 4 heterocycles. The second kappa shape index (κ2) is 10.4. The van der Waals surface area contributed by atoms with Crippen molar-refractivity contribution >= 4 is 23.5 Å². The molecule has 2 atom stereocenters. The van der Waals surface area contributed by atoms with Gasteiger partial charge in [0.2, 0.25) is 11.8 Å². The van der Waals surface area contributed by atoms with Crippen molar-refractivity contribution in [1.29, 1.82) is 0 Å². The van der Waals surface area contributed by atoms with Crippen molar-refractivity contribution in [2.75, 3.05) is 57.3 Å². The lowest BCUT2D eigenvalue weighted by Crippen LogP contribution is -2.51. The summed E-state index contributed by atoms with van der Waals surface area (Å²) in [5.74, 6) is -0.336. The maximum Gasteiger partial charge on any atom is 0.312 e. The minimum atomic E-state index is -0.474. The molecule has 4 saturated heterocycles. The third-order valence-corrected chi connectivity index (χ3v) is 8.63. The summed E-state index contributed by atoms with van der Waals surface area (Å²) < 4.78 is 19.0. The first-order valence-corrected chi connectivity index (χ1v) is 13.3. The molecule has 5 rings (SSSR count). The van der Waals surface area contributed by atoms with Gasteiger partial charge in [-0.1, -0.05) is 0 Å². The summed E-state index contributed by atoms with van der Waals surface area (Å²) in [6.07, 6.45) is 4.34. The van der Waals surface area contributed by atoms with Crippen LogP contribution in [0.4, 0.5) is 10.1 Å². The molecule has 0 unspecified atom stereocenters. The van der Waals surface area contributed by atoms with Crippen LogP contribution >= 0.6 is 0 Å². The molecule has 4 aliphatic rings. The van der Waals surface area contributed by atoms with Gasteiger partial charge in [-0.05, 0) is 56.4 Å². The van der Waals surface area contributed by atoms with Gasteiger partial charge in [0, 0.05) is 71.4 Å². The van der Waals surface area contributed by atoms with Crippen molar-refractivity contribution < 1.29 is 23.5 Å². The first kappa shape index (κ1) is 25.0. The van der Waals surface area contributed by atoms with Crippen LogP contribution in [0.15, 0.2) is 24.3 Å². The average molecular weight is 501 g/mol. The van der Waals surface area contributed by atoms with E-state index in [-0.39, 0.29) is 35.7 Å². The second-order valence-electron chi connectivity index (χ2n) is 10.8. The van der Waals surface area contributed by atoms with E-state index in [0.717, 1.165) is 64.1 Å². The fraction of sp³-hybridized carbons (Fsp3) is 0.667. The molecule has 36 heavy (non-hydrogen) atoms. The molecule has 2 amide bonds. The van der Waals surface area contributed by atoms with E-state index in [9.17, 15) is 18.8 Å². The Labute approximate surface area is 212 Å². The molecule has 0 aliphatic carbocycles. The number of anilines is 1. The molecule has 1 aromatic carbocycles. The van der Waals surface area contributed by atoms with Gasteiger partial charge in [-0.25, -0.2) is 4.39 Å². The molecule has 1 spiro atoms. The van der Waals surface area contributed by atoms with Crippen LogP contribution in [0, 0.1) is 11.2 Å². The van der Waals surface area contributed by atoms with Gasteiger partial charge in [-0.2, -0.15) is 0 Å². The molecule has 9 heteroatoms. The number of hydrogen-bond acceptors (Lipinski definition) is 6. The minimum absolute atomic E-state index is 0.0280. The van der Waals surface area contributed by atoms with Gasteiger partial charge in [0.05, 0.1) is 5.41 Å². The Balaban J connectivity index is 1.07. The summed E-state index contributed by atoms with van der Waals surface area (Å²) in [4.78, 5) is 46.0. The van der Waals surface area contributed by atoms with Gasteiger partial charge in [0.15, 0.2) is 0 Å². The molecule has 0 radical (unpaired) electrons. The predicted octanol–water partition coefficient (Wildman–Crippen LogP) is 2.27. The first-order valence-electron chi connectivity index (χ1n) is 13.3. The third-order valence-electron chi connectivity index (χ3n) is 8.63. The average Bonchev–Trinajstić information content (AvgIpc) is 3.49. The number of carbonyl (C=O) groups is 3. The van der Waals surface area contributed by atoms with Crippen LogP contribution < -0.4 is 4.90 Å². The van der Waals surface area contributed by atoms with Crippen LogP contribution in [0.25, 0.3) is 0 Å². The standard InChI is InChI=1S/C27H37FN4O4/c1-20(33)32-11-2-3-24(32)25(34)31-13-9-27(10-14-31)19-23(36-26(27)35)8-12-29-15-17-30(18-16-29)22-6-4-21(28)5-7-22/h4-7,23-24H,2-3,8-19H2,1H3/t23-,24-/m0/s1. The van der Waals surface area contributed by atoms with Gasteiger partial charge < -0.3 is 19.4 Å². The number of halogens is 1. The molecular formula is C27H37FN4O4. The van der Waals surface area contributed by atoms with E-state index in [2.05, 4.69) is 9.80 Å². The Kier molecular flexibility index (Phi) is 7.19. The molecule has 196 valence electrons. The monoisotopic (exact) mass is 500 g/mol. The number of likely N-dealkylation sites (tertiary alicyclic amines) is 2. The van der Waals surface area contributed by atoms with Crippen molar-refractivity contribution in [3.8, 4) is 0 Å². The fourth-order valence-electron chi connectivity index (χ4n) is 6.38. The molecule has 4 aliphatic heterocycles. The van der Waals surface area contributed by atoms with Crippen LogP contribution in [-0.4, -0.2) is 97.0 Å². The predicted molar refractivity (Wildman–Crippen MR) is 133 cm³/mol. The lowest BCUT2D eigenvalue weighted by Gasteiger charge is -2.38. The number of benzene rings is 1. The number of hydrogen-bond donors (Lipinski definition) is 0. The molecule has 0 N–H and O–H groups in total. The van der Waals surface area contributed by atoms with E-state index >= 15 is 0 Å². The molecular weight excluding hydrogens is 463 g/mol. The van der Waals surface area contributed by atoms with Gasteiger partial charge >= 0.3 is 5.97 Å². The van der Waals surface area contributed by atoms with Crippen molar-refractivity contribution in [3.05, 3.63) is 30.1 Å². The number of piperidine rings is 1. The largest absolute Gasteiger partial charge is 0.462 e. The number of cyclic esters (lactones) is 1. The summed E-state index contributed by atoms with van der Waals surface area (Å²) in [6.45, 7) is 7.81. The summed E-state index contributed by atoms with van der Waals surface area (Å²) in [5.41, 5.74) is 0.577. The zero-order valence-electron chi connectivity index (χ0n) is 21.2. The highest BCUT2D eigenvalue weighted by Crippen LogP contribution is 2.44. The molecule has 0 aromatic heterocycles. The number of ether oxygens (including phenoxy) is 1. The molecule has 1 aromatic rings. The Bertz CT molecular complexity index is 970. The van der Waals surface area contributed by atoms with Crippen LogP contribution in [0.3, 0.4) is 0 Å². The number of rotatable bonds is 5. The first-order chi connectivity index (χ1) is 17.3. The topological polar surface area (TPSA) is 73.4 Å². The number of esters is 1. The lowest BCUT2D eigenvalue weighted by molar-refractivity contribution is -0.153. The zero-order chi connectivity index (χ0) is 25.3. The van der Waals surface area contributed by atoms with Gasteiger partial charge in [-0.15, -0.1) is 0 Å². The second-order valence-corrected chi connectivity index (χ2v) is 10.8. The highest BCUT2D eigenvalue weighted by molar-refractivity contribution is 5.88. The minimum Gasteiger partial charge on any atom is -0.462 e. The summed E-state index contributed by atoms with van der Waals surface area (Å²) in [5, 5.41) is 0. The van der Waals surface area contributed by atoms with E-state index in [4.69, 9.17) is 4.74 Å². The SMILES string of the molecule is CC(=O)N1CCC[C@H]1C(=O)N1CCC2(CC1)C[C@H](CCN1CCN(c3ccc(F)cc3)CC1)OC2=O. The Morgan fingerprint density at radius 1 is 1.03 bits per heavy atom. The molecule has 8 nitrogen and oxygen atoms in total. The molecule has 4 fully saturated rings. The zero-order valence-corrected chi connectivity index (χ0v) is 21.2. The summed E-state index contributed by atoms with van der Waals surface area (Å²) in [6, 6.07) is 6.32. The molecule has 0 bridgehead atoms. The smallest absolute Gasteiger partial charge is 0.312 e. The van der Waals surface area contributed by atoms with Gasteiger partial charge in [0.25, 0.3) is 0 Å². The van der Waals surface area contributed by atoms with Crippen molar-refractivity contribution in [1.82, 2.24) is 14.7 Å². The van der Waals surface area contributed by atoms with Crippen LogP contribution in [0.1, 0.15) is 45.4 Å². The van der Waals surface area contributed by atoms with E-state index in [1.807, 2.05) is 17.0 Å². The van der Waals surface area contributed by atoms with E-state index < -0.39 is 5.41 Å². The number of nitrogens with zero attached hydrogens (tertiary/aromatic N) is 4. The summed E-state index contributed by atoms with van der Waals surface area (Å²) >= 11 is 0.